The van der Waals surface area contributed by atoms with Gasteiger partial charge in [-0.25, -0.2) is 9.97 Å². The summed E-state index contributed by atoms with van der Waals surface area (Å²) >= 11 is 0. The fourth-order valence-electron chi connectivity index (χ4n) is 2.34. The molecule has 0 aliphatic heterocycles. The maximum atomic E-state index is 5.06. The van der Waals surface area contributed by atoms with E-state index < -0.39 is 0 Å². The molecule has 0 atom stereocenters. The Hall–Kier alpha value is -2.14. The van der Waals surface area contributed by atoms with Gasteiger partial charge in [0.15, 0.2) is 0 Å². The molecule has 0 radical (unpaired) electrons. The Morgan fingerprint density at radius 3 is 2.65 bits per heavy atom. The van der Waals surface area contributed by atoms with Gasteiger partial charge in [-0.15, -0.1) is 0 Å². The molecule has 0 fully saturated rings. The lowest BCUT2D eigenvalue weighted by Gasteiger charge is -2.28. The van der Waals surface area contributed by atoms with Crippen LogP contribution < -0.4 is 10.2 Å². The summed E-state index contributed by atoms with van der Waals surface area (Å²) < 4.78 is 5.06. The number of benzene rings is 1. The molecule has 5 nitrogen and oxygen atoms in total. The fourth-order valence-corrected chi connectivity index (χ4v) is 2.34. The largest absolute Gasteiger partial charge is 0.385 e. The third-order valence-corrected chi connectivity index (χ3v) is 3.60. The van der Waals surface area contributed by atoms with Crippen molar-refractivity contribution in [1.82, 2.24) is 9.97 Å². The fraction of sp³-hybridized carbons (Fsp3) is 0.444. The minimum atomic E-state index is 0.353. The number of nitrogens with one attached hydrogen (secondary N) is 1. The van der Waals surface area contributed by atoms with Crippen LogP contribution in [0.15, 0.2) is 42.7 Å². The first kappa shape index (κ1) is 17.2. The maximum Gasteiger partial charge on any atom is 0.134 e. The van der Waals surface area contributed by atoms with E-state index in [9.17, 15) is 0 Å². The molecule has 0 saturated heterocycles. The van der Waals surface area contributed by atoms with Crippen LogP contribution >= 0.6 is 0 Å². The monoisotopic (exact) mass is 314 g/mol. The standard InChI is InChI=1S/C18H26N4O/c1-15(2)22(13-16-8-5-4-6-9-16)18-12-17(20-14-21-18)19-10-7-11-23-3/h4-6,8-9,12,14-15H,7,10-11,13H2,1-3H3,(H,19,20,21). The SMILES string of the molecule is COCCCNc1cc(N(Cc2ccccc2)C(C)C)ncn1. The number of rotatable bonds is 9. The second kappa shape index (κ2) is 9.10. The van der Waals surface area contributed by atoms with Gasteiger partial charge in [-0.05, 0) is 25.8 Å². The number of aromatic nitrogens is 2. The van der Waals surface area contributed by atoms with Crippen LogP contribution in [0.5, 0.6) is 0 Å². The molecule has 0 spiro atoms. The van der Waals surface area contributed by atoms with Crippen LogP contribution in [0, 0.1) is 0 Å². The molecule has 1 aromatic carbocycles. The highest BCUT2D eigenvalue weighted by Gasteiger charge is 2.13. The van der Waals surface area contributed by atoms with Crippen LogP contribution in [0.1, 0.15) is 25.8 Å². The normalized spacial score (nSPS) is 10.8. The average molecular weight is 314 g/mol. The predicted octanol–water partition coefficient (Wildman–Crippen LogP) is 3.34. The summed E-state index contributed by atoms with van der Waals surface area (Å²) in [6.07, 6.45) is 2.57. The van der Waals surface area contributed by atoms with E-state index in [1.54, 1.807) is 13.4 Å². The smallest absolute Gasteiger partial charge is 0.134 e. The Balaban J connectivity index is 2.06. The summed E-state index contributed by atoms with van der Waals surface area (Å²) in [5.41, 5.74) is 1.27. The first-order valence-corrected chi connectivity index (χ1v) is 8.06. The lowest BCUT2D eigenvalue weighted by atomic mass is 10.2. The van der Waals surface area contributed by atoms with Crippen LogP contribution in [0.3, 0.4) is 0 Å². The van der Waals surface area contributed by atoms with Crippen molar-refractivity contribution < 1.29 is 4.74 Å². The zero-order valence-electron chi connectivity index (χ0n) is 14.2. The van der Waals surface area contributed by atoms with E-state index in [0.717, 1.165) is 37.8 Å². The van der Waals surface area contributed by atoms with Crippen molar-refractivity contribution in [3.63, 3.8) is 0 Å². The lowest BCUT2D eigenvalue weighted by Crippen LogP contribution is -2.31. The van der Waals surface area contributed by atoms with Crippen molar-refractivity contribution in [2.24, 2.45) is 0 Å². The Morgan fingerprint density at radius 2 is 1.96 bits per heavy atom. The quantitative estimate of drug-likeness (QED) is 0.719. The Labute approximate surface area is 138 Å². The molecule has 1 aromatic heterocycles. The van der Waals surface area contributed by atoms with E-state index >= 15 is 0 Å². The van der Waals surface area contributed by atoms with Crippen LogP contribution in [-0.2, 0) is 11.3 Å². The van der Waals surface area contributed by atoms with Crippen LogP contribution in [0.2, 0.25) is 0 Å². The van der Waals surface area contributed by atoms with Crippen molar-refractivity contribution in [2.75, 3.05) is 30.5 Å². The molecule has 124 valence electrons. The van der Waals surface area contributed by atoms with Gasteiger partial charge < -0.3 is 15.0 Å². The third kappa shape index (κ3) is 5.53. The van der Waals surface area contributed by atoms with Gasteiger partial charge in [0.2, 0.25) is 0 Å². The van der Waals surface area contributed by atoms with Crippen molar-refractivity contribution in [3.05, 3.63) is 48.3 Å². The van der Waals surface area contributed by atoms with Gasteiger partial charge >= 0.3 is 0 Å². The maximum absolute atomic E-state index is 5.06. The van der Waals surface area contributed by atoms with Crippen LogP contribution in [0.25, 0.3) is 0 Å². The first-order valence-electron chi connectivity index (χ1n) is 8.06. The van der Waals surface area contributed by atoms with E-state index in [1.807, 2.05) is 12.1 Å². The van der Waals surface area contributed by atoms with Crippen LogP contribution in [-0.4, -0.2) is 36.3 Å². The van der Waals surface area contributed by atoms with E-state index in [1.165, 1.54) is 5.56 Å². The number of hydrogen-bond acceptors (Lipinski definition) is 5. The molecular weight excluding hydrogens is 288 g/mol. The van der Waals surface area contributed by atoms with E-state index in [2.05, 4.69) is 58.3 Å². The zero-order valence-corrected chi connectivity index (χ0v) is 14.2. The Bertz CT molecular complexity index is 574. The number of methoxy groups -OCH3 is 1. The van der Waals surface area contributed by atoms with Gasteiger partial charge in [-0.3, -0.25) is 0 Å². The highest BCUT2D eigenvalue weighted by atomic mass is 16.5. The summed E-state index contributed by atoms with van der Waals surface area (Å²) in [6.45, 7) is 6.77. The van der Waals surface area contributed by atoms with Crippen molar-refractivity contribution >= 4 is 11.6 Å². The van der Waals surface area contributed by atoms with Gasteiger partial charge in [0.25, 0.3) is 0 Å². The van der Waals surface area contributed by atoms with Gasteiger partial charge in [0.1, 0.15) is 18.0 Å². The van der Waals surface area contributed by atoms with E-state index in [0.29, 0.717) is 6.04 Å². The topological polar surface area (TPSA) is 50.3 Å². The van der Waals surface area contributed by atoms with Crippen molar-refractivity contribution in [2.45, 2.75) is 32.9 Å². The second-order valence-corrected chi connectivity index (χ2v) is 5.74. The molecule has 0 bridgehead atoms. The minimum Gasteiger partial charge on any atom is -0.385 e. The van der Waals surface area contributed by atoms with Crippen LogP contribution in [0.4, 0.5) is 11.6 Å². The summed E-state index contributed by atoms with van der Waals surface area (Å²) in [7, 11) is 1.72. The van der Waals surface area contributed by atoms with Crippen molar-refractivity contribution in [1.29, 1.82) is 0 Å². The summed E-state index contributed by atoms with van der Waals surface area (Å²) in [5.74, 6) is 1.79. The molecule has 2 rings (SSSR count). The minimum absolute atomic E-state index is 0.353. The molecule has 23 heavy (non-hydrogen) atoms. The predicted molar refractivity (Wildman–Crippen MR) is 94.8 cm³/mol. The lowest BCUT2D eigenvalue weighted by molar-refractivity contribution is 0.198. The second-order valence-electron chi connectivity index (χ2n) is 5.74. The van der Waals surface area contributed by atoms with Gasteiger partial charge in [-0.1, -0.05) is 30.3 Å². The third-order valence-electron chi connectivity index (χ3n) is 3.60. The molecule has 5 heteroatoms. The molecule has 0 aliphatic carbocycles. The Kier molecular flexibility index (Phi) is 6.81. The molecule has 1 N–H and O–H groups in total. The van der Waals surface area contributed by atoms with E-state index in [-0.39, 0.29) is 0 Å². The molecule has 2 aromatic rings. The molecule has 1 heterocycles. The summed E-state index contributed by atoms with van der Waals surface area (Å²) in [6, 6.07) is 12.8. The van der Waals surface area contributed by atoms with Gasteiger partial charge in [-0.2, -0.15) is 0 Å². The zero-order chi connectivity index (χ0) is 16.5. The molecule has 0 unspecified atom stereocenters. The first-order chi connectivity index (χ1) is 11.2. The Morgan fingerprint density at radius 1 is 1.17 bits per heavy atom. The molecule has 0 amide bonds. The number of anilines is 2. The van der Waals surface area contributed by atoms with Crippen molar-refractivity contribution in [3.8, 4) is 0 Å². The number of ether oxygens (including phenoxy) is 1. The van der Waals surface area contributed by atoms with Gasteiger partial charge in [0, 0.05) is 38.9 Å². The summed E-state index contributed by atoms with van der Waals surface area (Å²) in [5, 5.41) is 3.32. The highest BCUT2D eigenvalue weighted by Crippen LogP contribution is 2.19. The average Bonchev–Trinajstić information content (AvgIpc) is 2.57. The molecule has 0 saturated carbocycles. The van der Waals surface area contributed by atoms with Gasteiger partial charge in [0.05, 0.1) is 0 Å². The number of nitrogens with zero attached hydrogens (tertiary/aromatic N) is 3. The molecular formula is C18H26N4O. The highest BCUT2D eigenvalue weighted by molar-refractivity contribution is 5.49. The molecule has 0 aliphatic rings. The summed E-state index contributed by atoms with van der Waals surface area (Å²) in [4.78, 5) is 11.0. The van der Waals surface area contributed by atoms with E-state index in [4.69, 9.17) is 4.74 Å². The number of hydrogen-bond donors (Lipinski definition) is 1.